The van der Waals surface area contributed by atoms with E-state index in [9.17, 15) is 14.7 Å². The van der Waals surface area contributed by atoms with Crippen molar-refractivity contribution in [3.8, 4) is 5.75 Å². The molecular weight excluding hydrogens is 276 g/mol. The molecule has 0 atom stereocenters. The lowest BCUT2D eigenvalue weighted by Gasteiger charge is -2.12. The molecule has 2 aromatic rings. The van der Waals surface area contributed by atoms with Crippen molar-refractivity contribution in [3.63, 3.8) is 0 Å². The normalized spacial score (nSPS) is 10.2. The second kappa shape index (κ2) is 5.75. The average Bonchev–Trinajstić information content (AvgIpc) is 2.44. The van der Waals surface area contributed by atoms with Crippen molar-refractivity contribution in [2.24, 2.45) is 0 Å². The number of carbonyl (C=O) groups is 2. The van der Waals surface area contributed by atoms with E-state index >= 15 is 0 Å². The number of aromatic hydroxyl groups is 1. The number of phenolic OH excluding ortho intramolecular Hbond substituents is 1. The molecule has 0 aliphatic rings. The minimum absolute atomic E-state index is 0.0524. The number of aldehydes is 1. The molecule has 0 bridgehead atoms. The van der Waals surface area contributed by atoms with Crippen LogP contribution in [0.2, 0.25) is 0 Å². The van der Waals surface area contributed by atoms with E-state index in [0.29, 0.717) is 11.2 Å². The van der Waals surface area contributed by atoms with E-state index in [0.717, 1.165) is 4.90 Å². The van der Waals surface area contributed by atoms with Crippen molar-refractivity contribution < 1.29 is 14.7 Å². The Morgan fingerprint density at radius 2 is 2.05 bits per heavy atom. The Hall–Kier alpha value is -2.34. The molecule has 0 fully saturated rings. The van der Waals surface area contributed by atoms with Crippen LogP contribution in [-0.2, 0) is 0 Å². The molecular formula is C14H12N2O3S. The molecule has 1 aromatic carbocycles. The number of hydrogen-bond donors (Lipinski definition) is 2. The van der Waals surface area contributed by atoms with Gasteiger partial charge in [0.05, 0.1) is 16.1 Å². The van der Waals surface area contributed by atoms with Gasteiger partial charge in [0, 0.05) is 22.9 Å². The van der Waals surface area contributed by atoms with E-state index in [-0.39, 0.29) is 28.3 Å². The summed E-state index contributed by atoms with van der Waals surface area (Å²) in [5.41, 5.74) is 5.91. The van der Waals surface area contributed by atoms with Gasteiger partial charge in [-0.2, -0.15) is 0 Å². The first kappa shape index (κ1) is 14.1. The molecule has 3 N–H and O–H groups in total. The Labute approximate surface area is 119 Å². The lowest BCUT2D eigenvalue weighted by Crippen LogP contribution is -2.05. The van der Waals surface area contributed by atoms with Crippen LogP contribution in [0.3, 0.4) is 0 Å². The van der Waals surface area contributed by atoms with E-state index < -0.39 is 0 Å². The van der Waals surface area contributed by atoms with E-state index in [2.05, 4.69) is 4.98 Å². The smallest absolute Gasteiger partial charge is 0.162 e. The highest BCUT2D eigenvalue weighted by Crippen LogP contribution is 2.40. The number of ketones is 1. The van der Waals surface area contributed by atoms with Crippen LogP contribution in [0.25, 0.3) is 0 Å². The van der Waals surface area contributed by atoms with Crippen LogP contribution >= 0.6 is 11.8 Å². The molecule has 1 aromatic heterocycles. The Kier molecular flexibility index (Phi) is 4.05. The first-order chi connectivity index (χ1) is 9.54. The highest BCUT2D eigenvalue weighted by Gasteiger charge is 2.18. The van der Waals surface area contributed by atoms with Crippen LogP contribution in [-0.4, -0.2) is 22.2 Å². The van der Waals surface area contributed by atoms with Gasteiger partial charge in [-0.25, -0.2) is 0 Å². The molecule has 1 heterocycles. The van der Waals surface area contributed by atoms with Crippen LogP contribution in [0.15, 0.2) is 40.4 Å². The molecule has 5 nitrogen and oxygen atoms in total. The average molecular weight is 288 g/mol. The van der Waals surface area contributed by atoms with Gasteiger partial charge < -0.3 is 10.8 Å². The summed E-state index contributed by atoms with van der Waals surface area (Å²) in [4.78, 5) is 27.7. The summed E-state index contributed by atoms with van der Waals surface area (Å²) >= 11 is 1.24. The fourth-order valence-electron chi connectivity index (χ4n) is 1.79. The number of carbonyl (C=O) groups excluding carboxylic acids is 2. The zero-order valence-electron chi connectivity index (χ0n) is 10.7. The molecule has 0 aliphatic carbocycles. The summed E-state index contributed by atoms with van der Waals surface area (Å²) in [6.07, 6.45) is 3.80. The molecule has 102 valence electrons. The van der Waals surface area contributed by atoms with Crippen molar-refractivity contribution in [3.05, 3.63) is 41.7 Å². The Morgan fingerprint density at radius 3 is 2.60 bits per heavy atom. The molecule has 0 aliphatic heterocycles. The largest absolute Gasteiger partial charge is 0.505 e. The zero-order chi connectivity index (χ0) is 14.7. The van der Waals surface area contributed by atoms with Gasteiger partial charge in [0.2, 0.25) is 0 Å². The fraction of sp³-hybridized carbons (Fsp3) is 0.0714. The number of anilines is 1. The molecule has 6 heteroatoms. The summed E-state index contributed by atoms with van der Waals surface area (Å²) in [5.74, 6) is -0.553. The standard InChI is InChI=1S/C14H12N2O3S/c1-8(18)12-9(7-17)6-11(14(19)13(12)15)20-10-2-4-16-5-3-10/h2-7,19H,15H2,1H3. The number of benzene rings is 1. The maximum Gasteiger partial charge on any atom is 0.162 e. The van der Waals surface area contributed by atoms with Crippen LogP contribution in [0, 0.1) is 0 Å². The zero-order valence-corrected chi connectivity index (χ0v) is 11.5. The quantitative estimate of drug-likeness (QED) is 0.388. The van der Waals surface area contributed by atoms with E-state index in [1.807, 2.05) is 0 Å². The second-order valence-electron chi connectivity index (χ2n) is 4.06. The summed E-state index contributed by atoms with van der Waals surface area (Å²) in [7, 11) is 0. The predicted octanol–water partition coefficient (Wildman–Crippen LogP) is 2.54. The number of hydrogen-bond acceptors (Lipinski definition) is 6. The van der Waals surface area contributed by atoms with Gasteiger partial charge in [0.25, 0.3) is 0 Å². The van der Waals surface area contributed by atoms with E-state index in [1.165, 1.54) is 24.8 Å². The Bertz CT molecular complexity index is 672. The first-order valence-corrected chi connectivity index (χ1v) is 6.55. The van der Waals surface area contributed by atoms with Crippen molar-refractivity contribution in [2.45, 2.75) is 16.7 Å². The summed E-state index contributed by atoms with van der Waals surface area (Å²) < 4.78 is 0. The van der Waals surface area contributed by atoms with Crippen molar-refractivity contribution >= 4 is 29.5 Å². The van der Waals surface area contributed by atoms with Crippen LogP contribution in [0.1, 0.15) is 27.6 Å². The number of aromatic nitrogens is 1. The number of rotatable bonds is 4. The number of nitrogen functional groups attached to an aromatic ring is 1. The third-order valence-electron chi connectivity index (χ3n) is 2.69. The van der Waals surface area contributed by atoms with Crippen molar-refractivity contribution in [1.29, 1.82) is 0 Å². The maximum atomic E-state index is 11.5. The highest BCUT2D eigenvalue weighted by atomic mass is 32.2. The number of pyridine rings is 1. The minimum atomic E-state index is -0.361. The molecule has 20 heavy (non-hydrogen) atoms. The number of nitrogens with two attached hydrogens (primary N) is 1. The summed E-state index contributed by atoms with van der Waals surface area (Å²) in [6, 6.07) is 4.99. The minimum Gasteiger partial charge on any atom is -0.505 e. The number of phenols is 1. The lowest BCUT2D eigenvalue weighted by atomic mass is 10.0. The van der Waals surface area contributed by atoms with Gasteiger partial charge in [-0.15, -0.1) is 0 Å². The molecule has 0 radical (unpaired) electrons. The molecule has 0 unspecified atom stereocenters. The van der Waals surface area contributed by atoms with Crippen molar-refractivity contribution in [1.82, 2.24) is 4.98 Å². The second-order valence-corrected chi connectivity index (χ2v) is 5.18. The van der Waals surface area contributed by atoms with Crippen LogP contribution < -0.4 is 5.73 Å². The van der Waals surface area contributed by atoms with Gasteiger partial charge >= 0.3 is 0 Å². The summed E-state index contributed by atoms with van der Waals surface area (Å²) in [6.45, 7) is 1.30. The third kappa shape index (κ3) is 2.65. The van der Waals surface area contributed by atoms with Gasteiger partial charge in [-0.1, -0.05) is 11.8 Å². The highest BCUT2D eigenvalue weighted by molar-refractivity contribution is 7.99. The predicted molar refractivity (Wildman–Crippen MR) is 76.3 cm³/mol. The van der Waals surface area contributed by atoms with Crippen LogP contribution in [0.5, 0.6) is 5.75 Å². The summed E-state index contributed by atoms with van der Waals surface area (Å²) in [5, 5.41) is 10.1. The van der Waals surface area contributed by atoms with Gasteiger partial charge in [-0.3, -0.25) is 14.6 Å². The number of nitrogens with zero attached hydrogens (tertiary/aromatic N) is 1. The van der Waals surface area contributed by atoms with Crippen molar-refractivity contribution in [2.75, 3.05) is 5.73 Å². The maximum absolute atomic E-state index is 11.5. The van der Waals surface area contributed by atoms with E-state index in [4.69, 9.17) is 5.73 Å². The molecule has 0 saturated heterocycles. The first-order valence-electron chi connectivity index (χ1n) is 5.74. The molecule has 0 saturated carbocycles. The van der Waals surface area contributed by atoms with E-state index in [1.54, 1.807) is 24.5 Å². The topological polar surface area (TPSA) is 93.3 Å². The van der Waals surface area contributed by atoms with Gasteiger partial charge in [-0.05, 0) is 25.1 Å². The monoisotopic (exact) mass is 288 g/mol. The Morgan fingerprint density at radius 1 is 1.40 bits per heavy atom. The van der Waals surface area contributed by atoms with Gasteiger partial charge in [0.1, 0.15) is 0 Å². The lowest BCUT2D eigenvalue weighted by molar-refractivity contribution is 0.101. The molecule has 2 rings (SSSR count). The number of Topliss-reactive ketones (excluding diaryl/α,β-unsaturated/α-hetero) is 1. The molecule has 0 spiro atoms. The third-order valence-corrected chi connectivity index (χ3v) is 3.73. The Balaban J connectivity index is 2.53. The SMILES string of the molecule is CC(=O)c1c(C=O)cc(Sc2ccncc2)c(O)c1N. The van der Waals surface area contributed by atoms with Gasteiger partial charge in [0.15, 0.2) is 17.8 Å². The fourth-order valence-corrected chi connectivity index (χ4v) is 2.69. The van der Waals surface area contributed by atoms with Crippen LogP contribution in [0.4, 0.5) is 5.69 Å². The molecule has 0 amide bonds.